The standard InChI is InChI=1S/C58H89N3O18/c1-17-44-58(12)50(78-55(67)79-58)36(7)60(15)30-32(3)28-56(10,68)49(77-54-48(74-38(9)62)43(59(13)14)26-33(4)72-54)34(5)47(35(6)53(66)75-44)76-45-29-57(11,69-16)51(37(8)73-45)71-25-24-70-23-19-20-39-21-22-42-40(27-39)46(63)41(52(64)65)31-61(42)18-2/h19,21-23,27,31-37,43-45,47-51,54,68H,17-18,20,24-26,28-30H2,1-16H3,(H,64,65)/b23-19-/t32-,33-,34+,35-,36-,37+,43+,44-,45+,47+,48-,49-,50-,51+,54+,56-,57-,58-/m1/s1. The molecule has 6 rings (SSSR count). The number of carbonyl (C=O) groups is 4. The summed E-state index contributed by atoms with van der Waals surface area (Å²) >= 11 is 0. The normalized spacial score (nSPS) is 37.2. The first-order chi connectivity index (χ1) is 37.1. The summed E-state index contributed by atoms with van der Waals surface area (Å²) < 4.78 is 71.5. The molecule has 1 aromatic heterocycles. The summed E-state index contributed by atoms with van der Waals surface area (Å²) in [5.41, 5.74) is -3.35. The highest BCUT2D eigenvalue weighted by Crippen LogP contribution is 2.43. The van der Waals surface area contributed by atoms with Gasteiger partial charge in [0.05, 0.1) is 66.0 Å². The molecule has 0 amide bonds. The molecule has 0 bridgehead atoms. The molecule has 4 aliphatic rings. The van der Waals surface area contributed by atoms with Crippen LogP contribution in [0.25, 0.3) is 10.9 Å². The van der Waals surface area contributed by atoms with Gasteiger partial charge < -0.3 is 71.8 Å². The van der Waals surface area contributed by atoms with Gasteiger partial charge in [0, 0.05) is 57.1 Å². The van der Waals surface area contributed by atoms with E-state index in [-0.39, 0.29) is 56.1 Å². The number of carbonyl (C=O) groups excluding carboxylic acids is 3. The van der Waals surface area contributed by atoms with Gasteiger partial charge in [-0.15, -0.1) is 0 Å². The van der Waals surface area contributed by atoms with E-state index in [4.69, 9.17) is 52.1 Å². The average molecular weight is 1120 g/mol. The van der Waals surface area contributed by atoms with E-state index in [1.807, 2.05) is 98.5 Å². The van der Waals surface area contributed by atoms with Gasteiger partial charge in [0.15, 0.2) is 30.4 Å². The number of aromatic nitrogens is 1. The largest absolute Gasteiger partial charge is 0.509 e. The SMILES string of the molecule is CC[C@H]1OC(=O)[C@H](C)[C@@H](O[C@H]2C[C@@](C)(OC)[C@@H](OCCO/C=C\Cc3ccc4c(c3)c(=O)c(C(=O)O)cn4CC)[C@H](C)O2)[C@H](C)[C@@H](O[C@@H]2O[C@H](C)C[C@H](N(C)C)[C@H]2OC(C)=O)[C@](C)(O)C[C@@H](C)CN(C)[C@H](C)[C@H]2OC(=O)O[C@@]21C. The number of aliphatic hydroxyl groups is 1. The number of allylic oxidation sites excluding steroid dienone is 1. The van der Waals surface area contributed by atoms with Crippen LogP contribution in [0.15, 0.2) is 41.5 Å². The number of methoxy groups -OCH3 is 1. The number of fused-ring (bicyclic) bond motifs is 2. The van der Waals surface area contributed by atoms with Crippen LogP contribution in [0, 0.1) is 17.8 Å². The fourth-order valence-electron chi connectivity index (χ4n) is 12.5. The van der Waals surface area contributed by atoms with Gasteiger partial charge in [-0.3, -0.25) is 19.3 Å². The lowest BCUT2D eigenvalue weighted by Crippen LogP contribution is -2.61. The maximum atomic E-state index is 14.9. The monoisotopic (exact) mass is 1120 g/mol. The number of rotatable bonds is 17. The molecular weight excluding hydrogens is 1030 g/mol. The first-order valence-electron chi connectivity index (χ1n) is 27.9. The van der Waals surface area contributed by atoms with Gasteiger partial charge >= 0.3 is 24.1 Å². The molecule has 4 saturated heterocycles. The lowest BCUT2D eigenvalue weighted by atomic mass is 9.77. The number of ether oxygens (including phenoxy) is 11. The number of pyridine rings is 1. The topological polar surface area (TPSA) is 239 Å². The van der Waals surface area contributed by atoms with Crippen molar-refractivity contribution in [1.29, 1.82) is 0 Å². The third-order valence-electron chi connectivity index (χ3n) is 16.7. The second-order valence-electron chi connectivity index (χ2n) is 23.3. The third kappa shape index (κ3) is 14.5. The quantitative estimate of drug-likeness (QED) is 0.0745. The Kier molecular flexibility index (Phi) is 21.3. The number of nitrogens with zero attached hydrogens (tertiary/aromatic N) is 3. The molecule has 1 aromatic carbocycles. The fourth-order valence-corrected chi connectivity index (χ4v) is 12.5. The van der Waals surface area contributed by atoms with Gasteiger partial charge in [-0.1, -0.05) is 26.8 Å². The van der Waals surface area contributed by atoms with Crippen molar-refractivity contribution in [2.45, 2.75) is 212 Å². The highest BCUT2D eigenvalue weighted by Gasteiger charge is 2.58. The summed E-state index contributed by atoms with van der Waals surface area (Å²) in [6.07, 6.45) is -3.11. The van der Waals surface area contributed by atoms with Crippen molar-refractivity contribution >= 4 is 35.0 Å². The van der Waals surface area contributed by atoms with Crippen molar-refractivity contribution < 1.29 is 81.5 Å². The molecule has 0 unspecified atom stereocenters. The van der Waals surface area contributed by atoms with E-state index < -0.39 is 119 Å². The zero-order valence-corrected chi connectivity index (χ0v) is 49.3. The molecule has 21 nitrogen and oxygen atoms in total. The fraction of sp³-hybridized carbons (Fsp3) is 0.741. The van der Waals surface area contributed by atoms with E-state index in [1.54, 1.807) is 50.9 Å². The molecule has 0 saturated carbocycles. The van der Waals surface area contributed by atoms with Gasteiger partial charge in [-0.05, 0) is 132 Å². The molecule has 4 fully saturated rings. The number of carboxylic acids is 1. The van der Waals surface area contributed by atoms with E-state index in [0.717, 1.165) is 5.56 Å². The molecule has 2 N–H and O–H groups in total. The molecular formula is C58H89N3O18. The van der Waals surface area contributed by atoms with E-state index in [2.05, 4.69) is 0 Å². The van der Waals surface area contributed by atoms with Crippen LogP contribution < -0.4 is 5.43 Å². The molecule has 5 heterocycles. The zero-order valence-electron chi connectivity index (χ0n) is 49.3. The van der Waals surface area contributed by atoms with Crippen LogP contribution in [0.2, 0.25) is 0 Å². The molecule has 444 valence electrons. The summed E-state index contributed by atoms with van der Waals surface area (Å²) in [4.78, 5) is 69.4. The van der Waals surface area contributed by atoms with Crippen LogP contribution >= 0.6 is 0 Å². The Hall–Kier alpha value is -4.71. The molecule has 4 aliphatic heterocycles. The summed E-state index contributed by atoms with van der Waals surface area (Å²) in [5.74, 6) is -4.53. The number of aryl methyl sites for hydroxylation is 1. The number of likely N-dealkylation sites (N-methyl/N-ethyl adjacent to an activating group) is 2. The van der Waals surface area contributed by atoms with Crippen LogP contribution in [-0.4, -0.2) is 187 Å². The number of benzene rings is 1. The van der Waals surface area contributed by atoms with Crippen LogP contribution in [0.4, 0.5) is 4.79 Å². The summed E-state index contributed by atoms with van der Waals surface area (Å²) in [6.45, 7) is 22.9. The maximum Gasteiger partial charge on any atom is 0.509 e. The molecule has 2 aromatic rings. The van der Waals surface area contributed by atoms with Crippen LogP contribution in [0.5, 0.6) is 0 Å². The number of hydrogen-bond acceptors (Lipinski definition) is 19. The second kappa shape index (κ2) is 26.5. The van der Waals surface area contributed by atoms with Crippen LogP contribution in [-0.2, 0) is 74.7 Å². The predicted octanol–water partition coefficient (Wildman–Crippen LogP) is 6.48. The first kappa shape index (κ1) is 63.5. The number of cyclic esters (lactones) is 1. The Labute approximate surface area is 465 Å². The highest BCUT2D eigenvalue weighted by molar-refractivity contribution is 5.92. The predicted molar refractivity (Wildman–Crippen MR) is 290 cm³/mol. The van der Waals surface area contributed by atoms with Crippen molar-refractivity contribution in [3.8, 4) is 0 Å². The molecule has 0 aliphatic carbocycles. The van der Waals surface area contributed by atoms with Gasteiger partial charge in [-0.2, -0.15) is 0 Å². The first-order valence-corrected chi connectivity index (χ1v) is 27.9. The smallest absolute Gasteiger partial charge is 0.499 e. The number of esters is 2. The van der Waals surface area contributed by atoms with Crippen LogP contribution in [0.1, 0.15) is 125 Å². The van der Waals surface area contributed by atoms with Gasteiger partial charge in [0.1, 0.15) is 24.4 Å². The third-order valence-corrected chi connectivity index (χ3v) is 16.7. The highest BCUT2D eigenvalue weighted by atomic mass is 16.8. The minimum Gasteiger partial charge on any atom is -0.499 e. The van der Waals surface area contributed by atoms with E-state index in [9.17, 15) is 34.2 Å². The number of aromatic carboxylic acids is 1. The summed E-state index contributed by atoms with van der Waals surface area (Å²) in [7, 11) is 7.27. The second-order valence-corrected chi connectivity index (χ2v) is 23.3. The van der Waals surface area contributed by atoms with Crippen molar-refractivity contribution in [2.24, 2.45) is 17.8 Å². The zero-order chi connectivity index (χ0) is 58.5. The van der Waals surface area contributed by atoms with Crippen molar-refractivity contribution in [3.05, 3.63) is 58.1 Å². The Morgan fingerprint density at radius 1 is 0.937 bits per heavy atom. The van der Waals surface area contributed by atoms with E-state index in [1.165, 1.54) is 13.1 Å². The Morgan fingerprint density at radius 3 is 2.28 bits per heavy atom. The van der Waals surface area contributed by atoms with E-state index >= 15 is 0 Å². The van der Waals surface area contributed by atoms with Gasteiger partial charge in [-0.25, -0.2) is 9.59 Å². The van der Waals surface area contributed by atoms with Crippen molar-refractivity contribution in [3.63, 3.8) is 0 Å². The minimum atomic E-state index is -1.64. The Morgan fingerprint density at radius 2 is 1.65 bits per heavy atom. The minimum absolute atomic E-state index is 0.142. The van der Waals surface area contributed by atoms with Gasteiger partial charge in [0.25, 0.3) is 0 Å². The van der Waals surface area contributed by atoms with E-state index in [0.29, 0.717) is 36.8 Å². The lowest BCUT2D eigenvalue weighted by molar-refractivity contribution is -0.321. The van der Waals surface area contributed by atoms with Crippen LogP contribution in [0.3, 0.4) is 0 Å². The summed E-state index contributed by atoms with van der Waals surface area (Å²) in [5, 5.41) is 23.0. The number of carboxylic acid groups (broad SMARTS) is 1. The maximum absolute atomic E-state index is 14.9. The van der Waals surface area contributed by atoms with Crippen molar-refractivity contribution in [2.75, 3.05) is 48.0 Å². The Bertz CT molecular complexity index is 2520. The molecule has 21 heteroatoms. The molecule has 79 heavy (non-hydrogen) atoms. The Balaban J connectivity index is 1.25. The molecule has 0 radical (unpaired) electrons. The number of hydrogen-bond donors (Lipinski definition) is 2. The lowest BCUT2D eigenvalue weighted by Gasteiger charge is -2.49. The van der Waals surface area contributed by atoms with Crippen molar-refractivity contribution in [1.82, 2.24) is 14.4 Å². The summed E-state index contributed by atoms with van der Waals surface area (Å²) in [6, 6.07) is 4.71. The molecule has 0 spiro atoms. The molecule has 18 atom stereocenters. The van der Waals surface area contributed by atoms with Gasteiger partial charge in [0.2, 0.25) is 5.43 Å². The average Bonchev–Trinajstić information content (AvgIpc) is 3.73.